The molecular weight excluding hydrogens is 194 g/mol. The van der Waals surface area contributed by atoms with Crippen molar-refractivity contribution >= 4 is 22.7 Å². The van der Waals surface area contributed by atoms with Crippen molar-refractivity contribution in [2.75, 3.05) is 19.0 Å². The maximum atomic E-state index is 11.0. The lowest BCUT2D eigenvalue weighted by Crippen LogP contribution is -2.10. The molecular formula is C10H11N3O2. The van der Waals surface area contributed by atoms with Gasteiger partial charge in [0.05, 0.1) is 10.9 Å². The lowest BCUT2D eigenvalue weighted by molar-refractivity contribution is 0.0699. The van der Waals surface area contributed by atoms with Gasteiger partial charge < -0.3 is 15.0 Å². The van der Waals surface area contributed by atoms with Crippen molar-refractivity contribution in [3.8, 4) is 0 Å². The van der Waals surface area contributed by atoms with Gasteiger partial charge in [0.15, 0.2) is 0 Å². The van der Waals surface area contributed by atoms with Gasteiger partial charge >= 0.3 is 5.97 Å². The van der Waals surface area contributed by atoms with E-state index in [0.717, 1.165) is 5.69 Å². The number of carboxylic acid groups (broad SMARTS) is 1. The Kier molecular flexibility index (Phi) is 2.07. The molecule has 2 N–H and O–H groups in total. The highest BCUT2D eigenvalue weighted by molar-refractivity contribution is 6.07. The number of aromatic carboxylic acids is 1. The molecule has 2 rings (SSSR count). The Balaban J connectivity index is 2.80. The lowest BCUT2D eigenvalue weighted by Gasteiger charge is -2.13. The second-order valence-electron chi connectivity index (χ2n) is 3.46. The molecule has 2 heterocycles. The molecule has 0 aliphatic rings. The maximum Gasteiger partial charge on any atom is 0.338 e. The molecule has 0 unspecified atom stereocenters. The summed E-state index contributed by atoms with van der Waals surface area (Å²) in [5.41, 5.74) is 1.69. The summed E-state index contributed by atoms with van der Waals surface area (Å²) in [4.78, 5) is 19.8. The first-order valence-electron chi connectivity index (χ1n) is 4.48. The van der Waals surface area contributed by atoms with E-state index in [1.54, 1.807) is 12.3 Å². The average Bonchev–Trinajstić information content (AvgIpc) is 2.60. The van der Waals surface area contributed by atoms with Gasteiger partial charge in [-0.15, -0.1) is 0 Å². The zero-order valence-corrected chi connectivity index (χ0v) is 8.48. The number of hydrogen-bond acceptors (Lipinski definition) is 3. The van der Waals surface area contributed by atoms with Gasteiger partial charge in [0, 0.05) is 32.2 Å². The molecule has 0 radical (unpaired) electrons. The highest BCUT2D eigenvalue weighted by Crippen LogP contribution is 2.26. The standard InChI is InChI=1S/C10H11N3O2/c1-13(2)7-3-4-11-9-8(7)6(5-12-9)10(14)15/h3-5H,1-2H3,(H,11,12)(H,14,15). The second-order valence-corrected chi connectivity index (χ2v) is 3.46. The zero-order valence-electron chi connectivity index (χ0n) is 8.48. The van der Waals surface area contributed by atoms with Crippen LogP contribution in [-0.2, 0) is 0 Å². The van der Waals surface area contributed by atoms with Crippen LogP contribution in [0.3, 0.4) is 0 Å². The number of carboxylic acids is 1. The molecule has 0 saturated heterocycles. The fourth-order valence-corrected chi connectivity index (χ4v) is 1.58. The normalized spacial score (nSPS) is 10.5. The van der Waals surface area contributed by atoms with Crippen LogP contribution in [0.4, 0.5) is 5.69 Å². The molecule has 0 aliphatic carbocycles. The van der Waals surface area contributed by atoms with Gasteiger partial charge in [0.2, 0.25) is 0 Å². The third-order valence-electron chi connectivity index (χ3n) is 2.26. The molecule has 5 heteroatoms. The van der Waals surface area contributed by atoms with E-state index in [-0.39, 0.29) is 5.56 Å². The minimum absolute atomic E-state index is 0.252. The number of aromatic amines is 1. The topological polar surface area (TPSA) is 69.2 Å². The quantitative estimate of drug-likeness (QED) is 0.776. The zero-order chi connectivity index (χ0) is 11.0. The fourth-order valence-electron chi connectivity index (χ4n) is 1.58. The number of H-pyrrole nitrogens is 1. The predicted octanol–water partition coefficient (Wildman–Crippen LogP) is 1.33. The van der Waals surface area contributed by atoms with Crippen LogP contribution in [0.5, 0.6) is 0 Å². The van der Waals surface area contributed by atoms with E-state index >= 15 is 0 Å². The molecule has 0 saturated carbocycles. The van der Waals surface area contributed by atoms with Crippen LogP contribution in [0.25, 0.3) is 11.0 Å². The molecule has 5 nitrogen and oxygen atoms in total. The summed E-state index contributed by atoms with van der Waals surface area (Å²) >= 11 is 0. The molecule has 0 aliphatic heterocycles. The minimum Gasteiger partial charge on any atom is -0.478 e. The number of nitrogens with one attached hydrogen (secondary N) is 1. The lowest BCUT2D eigenvalue weighted by atomic mass is 10.2. The fraction of sp³-hybridized carbons (Fsp3) is 0.200. The summed E-state index contributed by atoms with van der Waals surface area (Å²) in [6.07, 6.45) is 3.12. The van der Waals surface area contributed by atoms with Crippen molar-refractivity contribution in [1.29, 1.82) is 0 Å². The number of aromatic nitrogens is 2. The number of hydrogen-bond donors (Lipinski definition) is 2. The SMILES string of the molecule is CN(C)c1ccnc2[nH]cc(C(=O)O)c12. The van der Waals surface area contributed by atoms with Gasteiger partial charge in [0.1, 0.15) is 5.65 Å². The van der Waals surface area contributed by atoms with E-state index in [1.807, 2.05) is 19.0 Å². The third-order valence-corrected chi connectivity index (χ3v) is 2.26. The van der Waals surface area contributed by atoms with Crippen LogP contribution >= 0.6 is 0 Å². The van der Waals surface area contributed by atoms with E-state index < -0.39 is 5.97 Å². The molecule has 0 fully saturated rings. The maximum absolute atomic E-state index is 11.0. The van der Waals surface area contributed by atoms with Gasteiger partial charge in [-0.25, -0.2) is 9.78 Å². The highest BCUT2D eigenvalue weighted by atomic mass is 16.4. The number of pyridine rings is 1. The van der Waals surface area contributed by atoms with Gasteiger partial charge in [-0.3, -0.25) is 0 Å². The summed E-state index contributed by atoms with van der Waals surface area (Å²) in [6.45, 7) is 0. The first-order chi connectivity index (χ1) is 7.11. The van der Waals surface area contributed by atoms with E-state index in [1.165, 1.54) is 6.20 Å². The Labute approximate surface area is 86.4 Å². The van der Waals surface area contributed by atoms with Crippen molar-refractivity contribution in [3.05, 3.63) is 24.0 Å². The van der Waals surface area contributed by atoms with Gasteiger partial charge in [-0.1, -0.05) is 0 Å². The van der Waals surface area contributed by atoms with Crippen LogP contribution < -0.4 is 4.90 Å². The first kappa shape index (κ1) is 9.51. The van der Waals surface area contributed by atoms with Crippen LogP contribution in [0.15, 0.2) is 18.5 Å². The average molecular weight is 205 g/mol. The summed E-state index contributed by atoms with van der Waals surface area (Å²) in [5, 5.41) is 9.66. The van der Waals surface area contributed by atoms with Gasteiger partial charge in [-0.2, -0.15) is 0 Å². The molecule has 0 spiro atoms. The molecule has 15 heavy (non-hydrogen) atoms. The van der Waals surface area contributed by atoms with Crippen LogP contribution in [0.2, 0.25) is 0 Å². The monoisotopic (exact) mass is 205 g/mol. The number of fused-ring (bicyclic) bond motifs is 1. The molecule has 0 bridgehead atoms. The van der Waals surface area contributed by atoms with Crippen LogP contribution in [-0.4, -0.2) is 35.1 Å². The number of nitrogens with zero attached hydrogens (tertiary/aromatic N) is 2. The summed E-state index contributed by atoms with van der Waals surface area (Å²) < 4.78 is 0. The third kappa shape index (κ3) is 1.41. The smallest absolute Gasteiger partial charge is 0.338 e. The van der Waals surface area contributed by atoms with Gasteiger partial charge in [-0.05, 0) is 6.07 Å². The molecule has 0 atom stereocenters. The summed E-state index contributed by atoms with van der Waals surface area (Å²) in [6, 6.07) is 1.79. The number of carbonyl (C=O) groups is 1. The molecule has 0 aromatic carbocycles. The number of anilines is 1. The molecule has 2 aromatic rings. The van der Waals surface area contributed by atoms with Crippen molar-refractivity contribution in [1.82, 2.24) is 9.97 Å². The first-order valence-corrected chi connectivity index (χ1v) is 4.48. The van der Waals surface area contributed by atoms with Gasteiger partial charge in [0.25, 0.3) is 0 Å². The Bertz CT molecular complexity index is 516. The summed E-state index contributed by atoms with van der Waals surface area (Å²) in [7, 11) is 3.74. The van der Waals surface area contributed by atoms with Crippen LogP contribution in [0.1, 0.15) is 10.4 Å². The van der Waals surface area contributed by atoms with E-state index in [4.69, 9.17) is 5.11 Å². The Morgan fingerprint density at radius 1 is 1.53 bits per heavy atom. The van der Waals surface area contributed by atoms with Crippen molar-refractivity contribution in [3.63, 3.8) is 0 Å². The highest BCUT2D eigenvalue weighted by Gasteiger charge is 2.15. The van der Waals surface area contributed by atoms with E-state index in [0.29, 0.717) is 11.0 Å². The predicted molar refractivity (Wildman–Crippen MR) is 57.4 cm³/mol. The molecule has 78 valence electrons. The largest absolute Gasteiger partial charge is 0.478 e. The second kappa shape index (κ2) is 3.27. The summed E-state index contributed by atoms with van der Waals surface area (Å²) in [5.74, 6) is -0.947. The minimum atomic E-state index is -0.947. The van der Waals surface area contributed by atoms with Crippen molar-refractivity contribution < 1.29 is 9.90 Å². The van der Waals surface area contributed by atoms with Crippen molar-refractivity contribution in [2.24, 2.45) is 0 Å². The Morgan fingerprint density at radius 2 is 2.27 bits per heavy atom. The molecule has 2 aromatic heterocycles. The number of rotatable bonds is 2. The van der Waals surface area contributed by atoms with E-state index in [2.05, 4.69) is 9.97 Å². The van der Waals surface area contributed by atoms with Crippen LogP contribution in [0, 0.1) is 0 Å². The molecule has 0 amide bonds. The van der Waals surface area contributed by atoms with Crippen molar-refractivity contribution in [2.45, 2.75) is 0 Å². The Hall–Kier alpha value is -2.04. The Morgan fingerprint density at radius 3 is 2.87 bits per heavy atom. The van der Waals surface area contributed by atoms with E-state index in [9.17, 15) is 4.79 Å².